The lowest BCUT2D eigenvalue weighted by atomic mass is 10.1. The van der Waals surface area contributed by atoms with Crippen LogP contribution >= 0.6 is 12.4 Å². The molecule has 0 aliphatic rings. The zero-order valence-electron chi connectivity index (χ0n) is 11.4. The molecule has 0 spiro atoms. The van der Waals surface area contributed by atoms with Crippen molar-refractivity contribution in [2.45, 2.75) is 46.2 Å². The van der Waals surface area contributed by atoms with Crippen molar-refractivity contribution in [3.63, 3.8) is 0 Å². The SMILES string of the molecule is CCC(=O)Oc1ccc(CNC(C)(C)C)cc1.Cl. The van der Waals surface area contributed by atoms with Gasteiger partial charge in [0.05, 0.1) is 0 Å². The normalized spacial score (nSPS) is 10.7. The van der Waals surface area contributed by atoms with Gasteiger partial charge in [0, 0.05) is 18.5 Å². The van der Waals surface area contributed by atoms with Gasteiger partial charge < -0.3 is 10.1 Å². The monoisotopic (exact) mass is 271 g/mol. The van der Waals surface area contributed by atoms with Crippen LogP contribution in [0.1, 0.15) is 39.7 Å². The highest BCUT2D eigenvalue weighted by Crippen LogP contribution is 2.13. The fourth-order valence-electron chi connectivity index (χ4n) is 1.25. The van der Waals surface area contributed by atoms with Crippen LogP contribution < -0.4 is 10.1 Å². The van der Waals surface area contributed by atoms with Crippen LogP contribution in [0.25, 0.3) is 0 Å². The molecule has 1 aromatic carbocycles. The van der Waals surface area contributed by atoms with Crippen LogP contribution in [0.4, 0.5) is 0 Å². The van der Waals surface area contributed by atoms with Crippen molar-refractivity contribution in [3.8, 4) is 5.75 Å². The lowest BCUT2D eigenvalue weighted by Gasteiger charge is -2.20. The number of benzene rings is 1. The molecule has 0 saturated carbocycles. The maximum Gasteiger partial charge on any atom is 0.310 e. The van der Waals surface area contributed by atoms with Gasteiger partial charge in [-0.1, -0.05) is 19.1 Å². The fourth-order valence-corrected chi connectivity index (χ4v) is 1.25. The van der Waals surface area contributed by atoms with E-state index in [0.717, 1.165) is 6.54 Å². The molecule has 1 rings (SSSR count). The van der Waals surface area contributed by atoms with Crippen LogP contribution in [0.2, 0.25) is 0 Å². The van der Waals surface area contributed by atoms with Gasteiger partial charge >= 0.3 is 5.97 Å². The summed E-state index contributed by atoms with van der Waals surface area (Å²) in [5.41, 5.74) is 1.28. The predicted molar refractivity (Wildman–Crippen MR) is 76.2 cm³/mol. The predicted octanol–water partition coefficient (Wildman–Crippen LogP) is 3.31. The molecule has 18 heavy (non-hydrogen) atoms. The second-order valence-corrected chi connectivity index (χ2v) is 5.08. The summed E-state index contributed by atoms with van der Waals surface area (Å²) in [4.78, 5) is 11.1. The number of esters is 1. The van der Waals surface area contributed by atoms with Gasteiger partial charge in [0.2, 0.25) is 0 Å². The van der Waals surface area contributed by atoms with Crippen molar-refractivity contribution in [2.75, 3.05) is 0 Å². The smallest absolute Gasteiger partial charge is 0.310 e. The number of hydrogen-bond acceptors (Lipinski definition) is 3. The third kappa shape index (κ3) is 6.62. The largest absolute Gasteiger partial charge is 0.427 e. The van der Waals surface area contributed by atoms with Gasteiger partial charge in [-0.2, -0.15) is 0 Å². The number of carbonyl (C=O) groups excluding carboxylic acids is 1. The standard InChI is InChI=1S/C14H21NO2.ClH/c1-5-13(16)17-12-8-6-11(7-9-12)10-15-14(2,3)4;/h6-9,15H,5,10H2,1-4H3;1H. The van der Waals surface area contributed by atoms with Crippen molar-refractivity contribution in [3.05, 3.63) is 29.8 Å². The van der Waals surface area contributed by atoms with E-state index in [0.29, 0.717) is 12.2 Å². The average molecular weight is 272 g/mol. The summed E-state index contributed by atoms with van der Waals surface area (Å²) in [5.74, 6) is 0.405. The molecular weight excluding hydrogens is 250 g/mol. The molecule has 0 amide bonds. The summed E-state index contributed by atoms with van der Waals surface area (Å²) in [6.45, 7) is 8.98. The number of rotatable bonds is 4. The van der Waals surface area contributed by atoms with Crippen LogP contribution in [-0.2, 0) is 11.3 Å². The van der Waals surface area contributed by atoms with Crippen molar-refractivity contribution in [1.82, 2.24) is 5.32 Å². The minimum Gasteiger partial charge on any atom is -0.427 e. The van der Waals surface area contributed by atoms with Crippen LogP contribution in [0, 0.1) is 0 Å². The van der Waals surface area contributed by atoms with Crippen molar-refractivity contribution in [1.29, 1.82) is 0 Å². The second-order valence-electron chi connectivity index (χ2n) is 5.08. The minimum atomic E-state index is -0.203. The van der Waals surface area contributed by atoms with E-state index in [1.54, 1.807) is 6.92 Å². The molecule has 0 bridgehead atoms. The Kier molecular flexibility index (Phi) is 6.96. The first-order valence-corrected chi connectivity index (χ1v) is 5.95. The molecular formula is C14H22ClNO2. The molecule has 0 aliphatic heterocycles. The first-order valence-electron chi connectivity index (χ1n) is 5.95. The van der Waals surface area contributed by atoms with E-state index >= 15 is 0 Å². The van der Waals surface area contributed by atoms with Crippen LogP contribution in [0.15, 0.2) is 24.3 Å². The third-order valence-corrected chi connectivity index (χ3v) is 2.27. The zero-order valence-corrected chi connectivity index (χ0v) is 12.3. The molecule has 0 atom stereocenters. The lowest BCUT2D eigenvalue weighted by Crippen LogP contribution is -2.35. The summed E-state index contributed by atoms with van der Waals surface area (Å²) in [6, 6.07) is 7.59. The Hall–Kier alpha value is -1.06. The van der Waals surface area contributed by atoms with Gasteiger partial charge in [-0.15, -0.1) is 12.4 Å². The summed E-state index contributed by atoms with van der Waals surface area (Å²) < 4.78 is 5.10. The van der Waals surface area contributed by atoms with E-state index in [-0.39, 0.29) is 23.9 Å². The van der Waals surface area contributed by atoms with E-state index in [1.807, 2.05) is 24.3 Å². The van der Waals surface area contributed by atoms with Crippen molar-refractivity contribution >= 4 is 18.4 Å². The van der Waals surface area contributed by atoms with Gasteiger partial charge in [0.15, 0.2) is 0 Å². The molecule has 3 nitrogen and oxygen atoms in total. The molecule has 1 aromatic rings. The zero-order chi connectivity index (χ0) is 12.9. The number of carbonyl (C=O) groups is 1. The van der Waals surface area contributed by atoms with Crippen LogP contribution in [0.5, 0.6) is 5.75 Å². The summed E-state index contributed by atoms with van der Waals surface area (Å²) in [7, 11) is 0. The Morgan fingerprint density at radius 3 is 2.22 bits per heavy atom. The highest BCUT2D eigenvalue weighted by Gasteiger charge is 2.08. The van der Waals surface area contributed by atoms with Crippen molar-refractivity contribution in [2.24, 2.45) is 0 Å². The minimum absolute atomic E-state index is 0. The Morgan fingerprint density at radius 2 is 1.78 bits per heavy atom. The Balaban J connectivity index is 0.00000289. The van der Waals surface area contributed by atoms with Crippen LogP contribution in [-0.4, -0.2) is 11.5 Å². The molecule has 0 radical (unpaired) electrons. The molecule has 0 unspecified atom stereocenters. The van der Waals surface area contributed by atoms with Gasteiger partial charge in [0.1, 0.15) is 5.75 Å². The maximum atomic E-state index is 11.1. The molecule has 0 saturated heterocycles. The molecule has 0 aromatic heterocycles. The van der Waals surface area contributed by atoms with E-state index < -0.39 is 0 Å². The Morgan fingerprint density at radius 1 is 1.22 bits per heavy atom. The topological polar surface area (TPSA) is 38.3 Å². The van der Waals surface area contributed by atoms with Gasteiger partial charge in [-0.05, 0) is 38.5 Å². The molecule has 0 aliphatic carbocycles. The fraction of sp³-hybridized carbons (Fsp3) is 0.500. The number of halogens is 1. The Labute approximate surface area is 115 Å². The van der Waals surface area contributed by atoms with E-state index in [9.17, 15) is 4.79 Å². The highest BCUT2D eigenvalue weighted by atomic mass is 35.5. The van der Waals surface area contributed by atoms with E-state index in [2.05, 4.69) is 26.1 Å². The molecule has 102 valence electrons. The van der Waals surface area contributed by atoms with Crippen LogP contribution in [0.3, 0.4) is 0 Å². The summed E-state index contributed by atoms with van der Waals surface area (Å²) >= 11 is 0. The Bertz CT molecular complexity index is 368. The molecule has 0 fully saturated rings. The first kappa shape index (κ1) is 16.9. The summed E-state index contributed by atoms with van der Waals surface area (Å²) in [6.07, 6.45) is 0.396. The number of hydrogen-bond donors (Lipinski definition) is 1. The summed E-state index contributed by atoms with van der Waals surface area (Å²) in [5, 5.41) is 3.40. The van der Waals surface area contributed by atoms with E-state index in [1.165, 1.54) is 5.56 Å². The quantitative estimate of drug-likeness (QED) is 0.674. The lowest BCUT2D eigenvalue weighted by molar-refractivity contribution is -0.134. The van der Waals surface area contributed by atoms with Gasteiger partial charge in [0.25, 0.3) is 0 Å². The first-order chi connectivity index (χ1) is 7.90. The average Bonchev–Trinajstić information content (AvgIpc) is 2.27. The van der Waals surface area contributed by atoms with Gasteiger partial charge in [-0.3, -0.25) is 4.79 Å². The second kappa shape index (κ2) is 7.39. The van der Waals surface area contributed by atoms with Crippen molar-refractivity contribution < 1.29 is 9.53 Å². The molecule has 0 heterocycles. The number of nitrogens with one attached hydrogen (secondary N) is 1. The highest BCUT2D eigenvalue weighted by molar-refractivity contribution is 5.85. The third-order valence-electron chi connectivity index (χ3n) is 2.27. The maximum absolute atomic E-state index is 11.1. The molecule has 4 heteroatoms. The number of ether oxygens (including phenoxy) is 1. The van der Waals surface area contributed by atoms with Gasteiger partial charge in [-0.25, -0.2) is 0 Å². The van der Waals surface area contributed by atoms with E-state index in [4.69, 9.17) is 4.74 Å². The molecule has 1 N–H and O–H groups in total.